The van der Waals surface area contributed by atoms with E-state index in [0.29, 0.717) is 11.3 Å². The van der Waals surface area contributed by atoms with Gasteiger partial charge in [-0.2, -0.15) is 0 Å². The zero-order valence-corrected chi connectivity index (χ0v) is 12.5. The van der Waals surface area contributed by atoms with Crippen molar-refractivity contribution in [2.45, 2.75) is 13.0 Å². The lowest BCUT2D eigenvalue weighted by Crippen LogP contribution is -2.32. The van der Waals surface area contributed by atoms with Gasteiger partial charge < -0.3 is 15.7 Å². The third kappa shape index (κ3) is 4.62. The van der Waals surface area contributed by atoms with Crippen LogP contribution in [0.2, 0.25) is 0 Å². The van der Waals surface area contributed by atoms with Crippen molar-refractivity contribution < 1.29 is 19.1 Å². The van der Waals surface area contributed by atoms with E-state index in [1.807, 2.05) is 0 Å². The summed E-state index contributed by atoms with van der Waals surface area (Å²) in [5.74, 6) is -0.587. The molecule has 2 aromatic rings. The summed E-state index contributed by atoms with van der Waals surface area (Å²) in [4.78, 5) is 22.9. The number of aliphatic hydroxyl groups excluding tert-OH is 1. The van der Waals surface area contributed by atoms with Gasteiger partial charge in [-0.05, 0) is 37.3 Å². The standard InChI is InChI=1S/C17H17FN2O3/c1-11(21)12-6-8-13(9-7-12)20-17(23)19-10-16(22)14-4-2-3-5-15(14)18/h2-9,16,22H,10H2,1H3,(H2,19,20,23)/t16-/m1/s1. The smallest absolute Gasteiger partial charge is 0.319 e. The number of hydrogen-bond donors (Lipinski definition) is 3. The van der Waals surface area contributed by atoms with Crippen molar-refractivity contribution in [3.8, 4) is 0 Å². The van der Waals surface area contributed by atoms with Crippen molar-refractivity contribution in [3.05, 3.63) is 65.5 Å². The maximum absolute atomic E-state index is 13.5. The van der Waals surface area contributed by atoms with Crippen molar-refractivity contribution in [2.24, 2.45) is 0 Å². The minimum absolute atomic E-state index is 0.0611. The van der Waals surface area contributed by atoms with Crippen LogP contribution in [-0.2, 0) is 0 Å². The first-order chi connectivity index (χ1) is 11.0. The maximum Gasteiger partial charge on any atom is 0.319 e. The van der Waals surface area contributed by atoms with Gasteiger partial charge in [0, 0.05) is 23.4 Å². The Bertz CT molecular complexity index is 701. The van der Waals surface area contributed by atoms with Crippen molar-refractivity contribution in [1.82, 2.24) is 5.32 Å². The van der Waals surface area contributed by atoms with Crippen LogP contribution in [0.15, 0.2) is 48.5 Å². The van der Waals surface area contributed by atoms with E-state index < -0.39 is 18.0 Å². The van der Waals surface area contributed by atoms with Gasteiger partial charge in [0.15, 0.2) is 5.78 Å². The van der Waals surface area contributed by atoms with E-state index in [0.717, 1.165) is 0 Å². The van der Waals surface area contributed by atoms with Crippen LogP contribution in [0.1, 0.15) is 28.9 Å². The number of ketones is 1. The van der Waals surface area contributed by atoms with E-state index in [2.05, 4.69) is 10.6 Å². The van der Waals surface area contributed by atoms with E-state index >= 15 is 0 Å². The number of benzene rings is 2. The molecule has 0 heterocycles. The van der Waals surface area contributed by atoms with Gasteiger partial charge >= 0.3 is 6.03 Å². The van der Waals surface area contributed by atoms with Gasteiger partial charge in [0.1, 0.15) is 5.82 Å². The van der Waals surface area contributed by atoms with Crippen molar-refractivity contribution in [3.63, 3.8) is 0 Å². The molecule has 0 aromatic heterocycles. The fourth-order valence-electron chi connectivity index (χ4n) is 2.01. The molecule has 0 unspecified atom stereocenters. The fraction of sp³-hybridized carbons (Fsp3) is 0.176. The van der Waals surface area contributed by atoms with E-state index in [1.165, 1.54) is 25.1 Å². The molecule has 0 spiro atoms. The largest absolute Gasteiger partial charge is 0.386 e. The number of nitrogens with one attached hydrogen (secondary N) is 2. The number of rotatable bonds is 5. The average Bonchev–Trinajstić information content (AvgIpc) is 2.53. The monoisotopic (exact) mass is 316 g/mol. The Balaban J connectivity index is 1.87. The van der Waals surface area contributed by atoms with E-state index in [-0.39, 0.29) is 17.9 Å². The molecule has 0 aliphatic carbocycles. The molecule has 0 fully saturated rings. The number of aliphatic hydroxyl groups is 1. The second-order valence-corrected chi connectivity index (χ2v) is 5.01. The van der Waals surface area contributed by atoms with E-state index in [9.17, 15) is 19.1 Å². The molecular formula is C17H17FN2O3. The Morgan fingerprint density at radius 1 is 1.13 bits per heavy atom. The summed E-state index contributed by atoms with van der Waals surface area (Å²) in [5.41, 5.74) is 1.18. The zero-order chi connectivity index (χ0) is 16.8. The average molecular weight is 316 g/mol. The zero-order valence-electron chi connectivity index (χ0n) is 12.5. The number of urea groups is 1. The van der Waals surface area contributed by atoms with Gasteiger partial charge in [0.05, 0.1) is 6.10 Å². The fourth-order valence-corrected chi connectivity index (χ4v) is 2.01. The van der Waals surface area contributed by atoms with Crippen molar-refractivity contribution in [2.75, 3.05) is 11.9 Å². The Labute approximate surface area is 133 Å². The number of carbonyl (C=O) groups excluding carboxylic acids is 2. The second-order valence-electron chi connectivity index (χ2n) is 5.01. The highest BCUT2D eigenvalue weighted by Gasteiger charge is 2.13. The van der Waals surface area contributed by atoms with Crippen LogP contribution < -0.4 is 10.6 Å². The molecule has 2 rings (SSSR count). The highest BCUT2D eigenvalue weighted by molar-refractivity contribution is 5.95. The van der Waals surface area contributed by atoms with E-state index in [4.69, 9.17) is 0 Å². The summed E-state index contributed by atoms with van der Waals surface area (Å²) >= 11 is 0. The minimum atomic E-state index is -1.14. The Hall–Kier alpha value is -2.73. The molecule has 0 bridgehead atoms. The molecule has 23 heavy (non-hydrogen) atoms. The number of hydrogen-bond acceptors (Lipinski definition) is 3. The molecule has 2 amide bonds. The van der Waals surface area contributed by atoms with E-state index in [1.54, 1.807) is 30.3 Å². The summed E-state index contributed by atoms with van der Waals surface area (Å²) < 4.78 is 13.5. The Morgan fingerprint density at radius 3 is 2.39 bits per heavy atom. The second kappa shape index (κ2) is 7.51. The number of amides is 2. The van der Waals surface area contributed by atoms with Gasteiger partial charge in [-0.1, -0.05) is 18.2 Å². The molecule has 1 atom stereocenters. The first-order valence-electron chi connectivity index (χ1n) is 7.05. The predicted molar refractivity (Wildman–Crippen MR) is 84.8 cm³/mol. The Morgan fingerprint density at radius 2 is 1.78 bits per heavy atom. The van der Waals surface area contributed by atoms with Crippen LogP contribution in [-0.4, -0.2) is 23.5 Å². The maximum atomic E-state index is 13.5. The van der Waals surface area contributed by atoms with Crippen LogP contribution in [0.4, 0.5) is 14.9 Å². The molecule has 6 heteroatoms. The predicted octanol–water partition coefficient (Wildman–Crippen LogP) is 2.88. The molecule has 3 N–H and O–H groups in total. The normalized spacial score (nSPS) is 11.6. The lowest BCUT2D eigenvalue weighted by atomic mass is 10.1. The summed E-state index contributed by atoms with van der Waals surface area (Å²) in [5, 5.41) is 14.9. The highest BCUT2D eigenvalue weighted by atomic mass is 19.1. The van der Waals surface area contributed by atoms with Gasteiger partial charge in [0.2, 0.25) is 0 Å². The summed E-state index contributed by atoms with van der Waals surface area (Å²) in [6.45, 7) is 1.33. The molecule has 5 nitrogen and oxygen atoms in total. The summed E-state index contributed by atoms with van der Waals surface area (Å²) in [6, 6.07) is 11.7. The summed E-state index contributed by atoms with van der Waals surface area (Å²) in [6.07, 6.45) is -1.14. The molecule has 0 saturated carbocycles. The number of carbonyl (C=O) groups is 2. The first kappa shape index (κ1) is 16.6. The van der Waals surface area contributed by atoms with Gasteiger partial charge in [-0.25, -0.2) is 9.18 Å². The molecule has 2 aromatic carbocycles. The van der Waals surface area contributed by atoms with Crippen molar-refractivity contribution in [1.29, 1.82) is 0 Å². The SMILES string of the molecule is CC(=O)c1ccc(NC(=O)NC[C@@H](O)c2ccccc2F)cc1. The van der Waals surface area contributed by atoms with Crippen LogP contribution in [0, 0.1) is 5.82 Å². The van der Waals surface area contributed by atoms with Crippen LogP contribution >= 0.6 is 0 Å². The van der Waals surface area contributed by atoms with Gasteiger partial charge in [-0.15, -0.1) is 0 Å². The van der Waals surface area contributed by atoms with Crippen LogP contribution in [0.3, 0.4) is 0 Å². The first-order valence-corrected chi connectivity index (χ1v) is 7.05. The van der Waals surface area contributed by atoms with Crippen molar-refractivity contribution >= 4 is 17.5 Å². The third-order valence-electron chi connectivity index (χ3n) is 3.27. The van der Waals surface area contributed by atoms with Gasteiger partial charge in [-0.3, -0.25) is 4.79 Å². The number of anilines is 1. The highest BCUT2D eigenvalue weighted by Crippen LogP contribution is 2.15. The summed E-state index contributed by atoms with van der Waals surface area (Å²) in [7, 11) is 0. The molecule has 0 aliphatic heterocycles. The third-order valence-corrected chi connectivity index (χ3v) is 3.27. The molecular weight excluding hydrogens is 299 g/mol. The minimum Gasteiger partial charge on any atom is -0.386 e. The lowest BCUT2D eigenvalue weighted by Gasteiger charge is -2.13. The van der Waals surface area contributed by atoms with Crippen LogP contribution in [0.5, 0.6) is 0 Å². The molecule has 0 radical (unpaired) electrons. The van der Waals surface area contributed by atoms with Gasteiger partial charge in [0.25, 0.3) is 0 Å². The van der Waals surface area contributed by atoms with Crippen LogP contribution in [0.25, 0.3) is 0 Å². The topological polar surface area (TPSA) is 78.4 Å². The molecule has 0 aliphatic rings. The Kier molecular flexibility index (Phi) is 5.43. The quantitative estimate of drug-likeness (QED) is 0.742. The molecule has 0 saturated heterocycles. The number of Topliss-reactive ketones (excluding diaryl/α,β-unsaturated/α-hetero) is 1. The molecule has 120 valence electrons. The number of halogens is 1. The lowest BCUT2D eigenvalue weighted by molar-refractivity contribution is 0.101.